The van der Waals surface area contributed by atoms with Crippen LogP contribution in [-0.4, -0.2) is 16.2 Å². The zero-order valence-electron chi connectivity index (χ0n) is 8.11. The van der Waals surface area contributed by atoms with Gasteiger partial charge in [0.05, 0.1) is 16.3 Å². The van der Waals surface area contributed by atoms with Gasteiger partial charge in [-0.3, -0.25) is 0 Å². The predicted octanol–water partition coefficient (Wildman–Crippen LogP) is 3.16. The van der Waals surface area contributed by atoms with E-state index in [1.807, 2.05) is 0 Å². The lowest BCUT2D eigenvalue weighted by atomic mass is 10.2. The first kappa shape index (κ1) is 11.0. The number of aromatic amines is 1. The van der Waals surface area contributed by atoms with Gasteiger partial charge in [0.25, 0.3) is 0 Å². The van der Waals surface area contributed by atoms with Crippen LogP contribution < -0.4 is 5.43 Å². The molecular weight excluding hydrogens is 247 g/mol. The fraction of sp³-hybridized carbons (Fsp3) is 0. The smallest absolute Gasteiger partial charge is 0.220 e. The lowest BCUT2D eigenvalue weighted by molar-refractivity contribution is 1.20. The van der Waals surface area contributed by atoms with E-state index in [0.717, 1.165) is 0 Å². The molecule has 0 amide bonds. The number of nitrogens with zero attached hydrogens (tertiary/aromatic N) is 2. The molecule has 1 aromatic heterocycles. The maximum absolute atomic E-state index is 5.96. The topological polar surface area (TPSA) is 53.1 Å². The number of halogens is 2. The first-order valence-electron chi connectivity index (χ1n) is 4.50. The summed E-state index contributed by atoms with van der Waals surface area (Å²) in [6, 6.07) is 5.28. The van der Waals surface area contributed by atoms with Crippen LogP contribution in [0.25, 0.3) is 0 Å². The molecule has 0 aliphatic rings. The highest BCUT2D eigenvalue weighted by Gasteiger charge is 2.01. The number of hydrazone groups is 1. The number of anilines is 1. The monoisotopic (exact) mass is 254 g/mol. The largest absolute Gasteiger partial charge is 0.330 e. The molecule has 0 atom stereocenters. The molecule has 1 aromatic carbocycles. The van der Waals surface area contributed by atoms with Crippen LogP contribution in [0.15, 0.2) is 35.7 Å². The van der Waals surface area contributed by atoms with Crippen molar-refractivity contribution >= 4 is 35.4 Å². The third-order valence-corrected chi connectivity index (χ3v) is 2.52. The maximum atomic E-state index is 5.96. The minimum atomic E-state index is 0.553. The van der Waals surface area contributed by atoms with Gasteiger partial charge in [0, 0.05) is 18.0 Å². The molecule has 0 bridgehead atoms. The summed E-state index contributed by atoms with van der Waals surface area (Å²) in [6.07, 6.45) is 4.87. The first-order valence-corrected chi connectivity index (χ1v) is 5.25. The molecule has 82 valence electrons. The molecular formula is C10H8Cl2N4. The Balaban J connectivity index is 2.12. The lowest BCUT2D eigenvalue weighted by Crippen LogP contribution is -1.93. The van der Waals surface area contributed by atoms with Gasteiger partial charge >= 0.3 is 0 Å². The number of nitrogens with one attached hydrogen (secondary N) is 2. The van der Waals surface area contributed by atoms with Crippen molar-refractivity contribution in [2.45, 2.75) is 0 Å². The van der Waals surface area contributed by atoms with Crippen molar-refractivity contribution in [3.63, 3.8) is 0 Å². The van der Waals surface area contributed by atoms with Gasteiger partial charge in [-0.15, -0.1) is 0 Å². The minimum Gasteiger partial charge on any atom is -0.330 e. The van der Waals surface area contributed by atoms with Gasteiger partial charge in [-0.1, -0.05) is 29.3 Å². The van der Waals surface area contributed by atoms with E-state index in [9.17, 15) is 0 Å². The van der Waals surface area contributed by atoms with Crippen LogP contribution in [0.4, 0.5) is 5.95 Å². The molecule has 2 N–H and O–H groups in total. The van der Waals surface area contributed by atoms with Crippen molar-refractivity contribution in [3.8, 4) is 0 Å². The molecule has 0 saturated heterocycles. The second kappa shape index (κ2) is 5.01. The van der Waals surface area contributed by atoms with Gasteiger partial charge < -0.3 is 4.98 Å². The summed E-state index contributed by atoms with van der Waals surface area (Å²) >= 11 is 11.9. The van der Waals surface area contributed by atoms with Crippen LogP contribution in [0.3, 0.4) is 0 Å². The Labute approximate surface area is 102 Å². The minimum absolute atomic E-state index is 0.553. The fourth-order valence-corrected chi connectivity index (χ4v) is 1.61. The number of aromatic nitrogens is 2. The molecule has 1 heterocycles. The number of benzene rings is 1. The van der Waals surface area contributed by atoms with E-state index in [1.54, 1.807) is 36.8 Å². The summed E-state index contributed by atoms with van der Waals surface area (Å²) in [5.74, 6) is 0.555. The highest BCUT2D eigenvalue weighted by atomic mass is 35.5. The highest BCUT2D eigenvalue weighted by Crippen LogP contribution is 2.22. The SMILES string of the molecule is Clc1cccc(Cl)c1C=NNc1ncc[nH]1. The number of hydrogen-bond donors (Lipinski definition) is 2. The van der Waals surface area contributed by atoms with E-state index in [1.165, 1.54) is 0 Å². The Kier molecular flexibility index (Phi) is 3.44. The third-order valence-electron chi connectivity index (χ3n) is 1.86. The van der Waals surface area contributed by atoms with Crippen molar-refractivity contribution in [2.75, 3.05) is 5.43 Å². The first-order chi connectivity index (χ1) is 7.77. The molecule has 0 spiro atoms. The van der Waals surface area contributed by atoms with Crippen LogP contribution in [0.5, 0.6) is 0 Å². The van der Waals surface area contributed by atoms with Gasteiger partial charge in [0.1, 0.15) is 0 Å². The van der Waals surface area contributed by atoms with Gasteiger partial charge in [0.2, 0.25) is 5.95 Å². The number of imidazole rings is 1. The highest BCUT2D eigenvalue weighted by molar-refractivity contribution is 6.38. The van der Waals surface area contributed by atoms with E-state index < -0.39 is 0 Å². The van der Waals surface area contributed by atoms with Crippen molar-refractivity contribution in [1.29, 1.82) is 0 Å². The van der Waals surface area contributed by atoms with E-state index >= 15 is 0 Å². The summed E-state index contributed by atoms with van der Waals surface area (Å²) in [7, 11) is 0. The number of rotatable bonds is 3. The Hall–Kier alpha value is -1.52. The van der Waals surface area contributed by atoms with Gasteiger partial charge in [-0.25, -0.2) is 10.4 Å². The molecule has 2 aromatic rings. The lowest BCUT2D eigenvalue weighted by Gasteiger charge is -2.00. The Morgan fingerprint density at radius 3 is 2.69 bits per heavy atom. The second-order valence-electron chi connectivity index (χ2n) is 2.94. The van der Waals surface area contributed by atoms with E-state index in [2.05, 4.69) is 20.5 Å². The molecule has 0 fully saturated rings. The van der Waals surface area contributed by atoms with Gasteiger partial charge in [-0.2, -0.15) is 5.10 Å². The zero-order valence-corrected chi connectivity index (χ0v) is 9.63. The number of H-pyrrole nitrogens is 1. The summed E-state index contributed by atoms with van der Waals surface area (Å²) in [5, 5.41) is 5.07. The number of hydrogen-bond acceptors (Lipinski definition) is 3. The van der Waals surface area contributed by atoms with Crippen molar-refractivity contribution in [3.05, 3.63) is 46.2 Å². The molecule has 0 radical (unpaired) electrons. The Morgan fingerprint density at radius 1 is 1.31 bits per heavy atom. The van der Waals surface area contributed by atoms with E-state index in [4.69, 9.17) is 23.2 Å². The zero-order chi connectivity index (χ0) is 11.4. The summed E-state index contributed by atoms with van der Waals surface area (Å²) in [5.41, 5.74) is 3.38. The van der Waals surface area contributed by atoms with Gasteiger partial charge in [-0.05, 0) is 12.1 Å². The van der Waals surface area contributed by atoms with Crippen LogP contribution in [0, 0.1) is 0 Å². The van der Waals surface area contributed by atoms with E-state index in [0.29, 0.717) is 21.6 Å². The second-order valence-corrected chi connectivity index (χ2v) is 3.76. The molecule has 0 saturated carbocycles. The summed E-state index contributed by atoms with van der Waals surface area (Å²) in [6.45, 7) is 0. The Morgan fingerprint density at radius 2 is 2.06 bits per heavy atom. The quantitative estimate of drug-likeness (QED) is 0.653. The standard InChI is InChI=1S/C10H8Cl2N4/c11-8-2-1-3-9(12)7(8)6-15-16-10-13-4-5-14-10/h1-6H,(H2,13,14,16). The normalized spacial score (nSPS) is 10.9. The van der Waals surface area contributed by atoms with Crippen LogP contribution >= 0.6 is 23.2 Å². The summed E-state index contributed by atoms with van der Waals surface area (Å²) in [4.78, 5) is 6.80. The summed E-state index contributed by atoms with van der Waals surface area (Å²) < 4.78 is 0. The molecule has 6 heteroatoms. The predicted molar refractivity (Wildman–Crippen MR) is 66.3 cm³/mol. The molecule has 16 heavy (non-hydrogen) atoms. The Bertz CT molecular complexity index is 473. The van der Waals surface area contributed by atoms with Gasteiger partial charge in [0.15, 0.2) is 0 Å². The molecule has 4 nitrogen and oxygen atoms in total. The third kappa shape index (κ3) is 2.53. The average molecular weight is 255 g/mol. The molecule has 0 unspecified atom stereocenters. The van der Waals surface area contributed by atoms with Crippen LogP contribution in [-0.2, 0) is 0 Å². The maximum Gasteiger partial charge on any atom is 0.220 e. The fourth-order valence-electron chi connectivity index (χ4n) is 1.12. The molecule has 0 aliphatic heterocycles. The molecule has 2 rings (SSSR count). The van der Waals surface area contributed by atoms with E-state index in [-0.39, 0.29) is 0 Å². The average Bonchev–Trinajstić information content (AvgIpc) is 2.75. The van der Waals surface area contributed by atoms with Crippen molar-refractivity contribution in [1.82, 2.24) is 9.97 Å². The van der Waals surface area contributed by atoms with Crippen molar-refractivity contribution in [2.24, 2.45) is 5.10 Å². The van der Waals surface area contributed by atoms with Crippen LogP contribution in [0.1, 0.15) is 5.56 Å². The molecule has 0 aliphatic carbocycles. The van der Waals surface area contributed by atoms with Crippen molar-refractivity contribution < 1.29 is 0 Å². The van der Waals surface area contributed by atoms with Crippen LogP contribution in [0.2, 0.25) is 10.0 Å².